The summed E-state index contributed by atoms with van der Waals surface area (Å²) >= 11 is 0. The summed E-state index contributed by atoms with van der Waals surface area (Å²) in [5, 5.41) is 0. The first kappa shape index (κ1) is 15.3. The van der Waals surface area contributed by atoms with Gasteiger partial charge in [0, 0.05) is 37.5 Å². The van der Waals surface area contributed by atoms with Gasteiger partial charge in [0.1, 0.15) is 5.75 Å². The normalized spacial score (nSPS) is 15.4. The summed E-state index contributed by atoms with van der Waals surface area (Å²) in [6, 6.07) is 11.3. The number of hydrogen-bond donors (Lipinski definition) is 1. The van der Waals surface area contributed by atoms with Gasteiger partial charge in [0.05, 0.1) is 0 Å². The number of nitrogens with zero attached hydrogens (tertiary/aromatic N) is 2. The van der Waals surface area contributed by atoms with E-state index in [9.17, 15) is 4.79 Å². The first-order valence-corrected chi connectivity index (χ1v) is 7.87. The summed E-state index contributed by atoms with van der Waals surface area (Å²) in [5.41, 5.74) is 7.51. The first-order valence-electron chi connectivity index (χ1n) is 7.87. The molecular weight excluding hydrogens is 290 g/mol. The van der Waals surface area contributed by atoms with Gasteiger partial charge in [-0.1, -0.05) is 6.07 Å². The summed E-state index contributed by atoms with van der Waals surface area (Å²) in [4.78, 5) is 17.7. The highest BCUT2D eigenvalue weighted by Crippen LogP contribution is 2.35. The first-order chi connectivity index (χ1) is 11.1. The number of nitrogen functional groups attached to an aromatic ring is 1. The molecule has 2 heterocycles. The van der Waals surface area contributed by atoms with Crippen LogP contribution < -0.4 is 10.5 Å². The van der Waals surface area contributed by atoms with Gasteiger partial charge in [0.15, 0.2) is 0 Å². The lowest BCUT2D eigenvalue weighted by atomic mass is 9.90. The number of amides is 1. The minimum Gasteiger partial charge on any atom is -0.439 e. The molecule has 2 aromatic rings. The molecule has 120 valence electrons. The monoisotopic (exact) mass is 311 g/mol. The zero-order valence-corrected chi connectivity index (χ0v) is 13.2. The molecule has 1 amide bonds. The minimum absolute atomic E-state index is 0.146. The molecule has 5 heteroatoms. The fourth-order valence-electron chi connectivity index (χ4n) is 2.95. The SMILES string of the molecule is CC(=O)N1CCC(c2cccnc2Oc2ccc(N)cc2)CC1. The number of pyridine rings is 1. The number of anilines is 1. The summed E-state index contributed by atoms with van der Waals surface area (Å²) in [6.45, 7) is 3.20. The summed E-state index contributed by atoms with van der Waals surface area (Å²) < 4.78 is 5.94. The molecule has 23 heavy (non-hydrogen) atoms. The van der Waals surface area contributed by atoms with Gasteiger partial charge in [-0.15, -0.1) is 0 Å². The van der Waals surface area contributed by atoms with Crippen LogP contribution in [-0.4, -0.2) is 28.9 Å². The van der Waals surface area contributed by atoms with Crippen LogP contribution in [0.1, 0.15) is 31.2 Å². The van der Waals surface area contributed by atoms with E-state index in [0.717, 1.165) is 37.2 Å². The Labute approximate surface area is 136 Å². The molecule has 1 aromatic carbocycles. The Hall–Kier alpha value is -2.56. The van der Waals surface area contributed by atoms with E-state index in [2.05, 4.69) is 11.1 Å². The zero-order valence-electron chi connectivity index (χ0n) is 13.2. The number of carbonyl (C=O) groups excluding carboxylic acids is 1. The van der Waals surface area contributed by atoms with E-state index < -0.39 is 0 Å². The van der Waals surface area contributed by atoms with Crippen LogP contribution in [0.5, 0.6) is 11.6 Å². The van der Waals surface area contributed by atoms with Crippen molar-refractivity contribution in [1.29, 1.82) is 0 Å². The molecule has 2 N–H and O–H groups in total. The summed E-state index contributed by atoms with van der Waals surface area (Å²) in [7, 11) is 0. The van der Waals surface area contributed by atoms with Gasteiger partial charge in [-0.05, 0) is 49.1 Å². The third-order valence-corrected chi connectivity index (χ3v) is 4.28. The lowest BCUT2D eigenvalue weighted by Gasteiger charge is -2.31. The highest BCUT2D eigenvalue weighted by molar-refractivity contribution is 5.73. The average molecular weight is 311 g/mol. The van der Waals surface area contributed by atoms with Gasteiger partial charge in [-0.2, -0.15) is 0 Å². The van der Waals surface area contributed by atoms with Gasteiger partial charge in [0.25, 0.3) is 0 Å². The third kappa shape index (κ3) is 3.62. The van der Waals surface area contributed by atoms with E-state index >= 15 is 0 Å². The molecule has 1 aromatic heterocycles. The highest BCUT2D eigenvalue weighted by atomic mass is 16.5. The van der Waals surface area contributed by atoms with Crippen LogP contribution in [0.4, 0.5) is 5.69 Å². The van der Waals surface area contributed by atoms with Crippen molar-refractivity contribution in [1.82, 2.24) is 9.88 Å². The Morgan fingerprint density at radius 3 is 2.57 bits per heavy atom. The number of carbonyl (C=O) groups is 1. The largest absolute Gasteiger partial charge is 0.439 e. The summed E-state index contributed by atoms with van der Waals surface area (Å²) in [5.74, 6) is 1.87. The number of benzene rings is 1. The van der Waals surface area contributed by atoms with Crippen LogP contribution in [0, 0.1) is 0 Å². The summed E-state index contributed by atoms with van der Waals surface area (Å²) in [6.07, 6.45) is 3.60. The molecule has 0 spiro atoms. The molecule has 1 aliphatic heterocycles. The van der Waals surface area contributed by atoms with Crippen LogP contribution in [0.15, 0.2) is 42.6 Å². The number of aromatic nitrogens is 1. The predicted molar refractivity (Wildman–Crippen MR) is 89.4 cm³/mol. The van der Waals surface area contributed by atoms with Gasteiger partial charge in [0.2, 0.25) is 11.8 Å². The van der Waals surface area contributed by atoms with Gasteiger partial charge >= 0.3 is 0 Å². The smallest absolute Gasteiger partial charge is 0.222 e. The number of piperidine rings is 1. The molecule has 1 aliphatic rings. The maximum absolute atomic E-state index is 11.5. The van der Waals surface area contributed by atoms with Crippen molar-refractivity contribution in [3.8, 4) is 11.6 Å². The van der Waals surface area contributed by atoms with Crippen molar-refractivity contribution in [2.45, 2.75) is 25.7 Å². The molecule has 0 saturated carbocycles. The van der Waals surface area contributed by atoms with Crippen molar-refractivity contribution in [2.75, 3.05) is 18.8 Å². The lowest BCUT2D eigenvalue weighted by molar-refractivity contribution is -0.129. The molecule has 0 unspecified atom stereocenters. The topological polar surface area (TPSA) is 68.5 Å². The Balaban J connectivity index is 1.76. The number of nitrogens with two attached hydrogens (primary N) is 1. The second kappa shape index (κ2) is 6.69. The van der Waals surface area contributed by atoms with Crippen LogP contribution in [-0.2, 0) is 4.79 Å². The Kier molecular flexibility index (Phi) is 4.46. The van der Waals surface area contributed by atoms with Crippen molar-refractivity contribution < 1.29 is 9.53 Å². The van der Waals surface area contributed by atoms with Crippen LogP contribution in [0.3, 0.4) is 0 Å². The Bertz CT molecular complexity index is 677. The minimum atomic E-state index is 0.146. The number of ether oxygens (including phenoxy) is 1. The van der Waals surface area contributed by atoms with E-state index in [1.54, 1.807) is 13.1 Å². The Morgan fingerprint density at radius 2 is 1.91 bits per heavy atom. The Morgan fingerprint density at radius 1 is 1.22 bits per heavy atom. The zero-order chi connectivity index (χ0) is 16.2. The second-order valence-corrected chi connectivity index (χ2v) is 5.85. The molecule has 3 rings (SSSR count). The third-order valence-electron chi connectivity index (χ3n) is 4.28. The standard InChI is InChI=1S/C18H21N3O2/c1-13(22)21-11-8-14(9-12-21)17-3-2-10-20-18(17)23-16-6-4-15(19)5-7-16/h2-7,10,14H,8-9,11-12,19H2,1H3. The fraction of sp³-hybridized carbons (Fsp3) is 0.333. The number of likely N-dealkylation sites (tertiary alicyclic amines) is 1. The van der Waals surface area contributed by atoms with E-state index in [0.29, 0.717) is 17.5 Å². The van der Waals surface area contributed by atoms with E-state index in [1.165, 1.54) is 0 Å². The van der Waals surface area contributed by atoms with Crippen molar-refractivity contribution >= 4 is 11.6 Å². The molecule has 5 nitrogen and oxygen atoms in total. The maximum Gasteiger partial charge on any atom is 0.222 e. The van der Waals surface area contributed by atoms with E-state index in [4.69, 9.17) is 10.5 Å². The highest BCUT2D eigenvalue weighted by Gasteiger charge is 2.24. The van der Waals surface area contributed by atoms with Crippen LogP contribution in [0.2, 0.25) is 0 Å². The predicted octanol–water partition coefficient (Wildman–Crippen LogP) is 3.18. The van der Waals surface area contributed by atoms with Crippen LogP contribution >= 0.6 is 0 Å². The molecule has 1 fully saturated rings. The lowest BCUT2D eigenvalue weighted by Crippen LogP contribution is -2.36. The van der Waals surface area contributed by atoms with E-state index in [1.807, 2.05) is 35.2 Å². The average Bonchev–Trinajstić information content (AvgIpc) is 2.57. The van der Waals surface area contributed by atoms with Crippen molar-refractivity contribution in [3.63, 3.8) is 0 Å². The molecular formula is C18H21N3O2. The number of rotatable bonds is 3. The van der Waals surface area contributed by atoms with Gasteiger partial charge in [-0.3, -0.25) is 4.79 Å². The second-order valence-electron chi connectivity index (χ2n) is 5.85. The molecule has 0 aliphatic carbocycles. The fourth-order valence-corrected chi connectivity index (χ4v) is 2.95. The molecule has 1 saturated heterocycles. The van der Waals surface area contributed by atoms with Crippen molar-refractivity contribution in [3.05, 3.63) is 48.2 Å². The quantitative estimate of drug-likeness (QED) is 0.884. The van der Waals surface area contributed by atoms with Gasteiger partial charge < -0.3 is 15.4 Å². The van der Waals surface area contributed by atoms with Crippen LogP contribution in [0.25, 0.3) is 0 Å². The molecule has 0 radical (unpaired) electrons. The van der Waals surface area contributed by atoms with E-state index in [-0.39, 0.29) is 5.91 Å². The number of hydrogen-bond acceptors (Lipinski definition) is 4. The van der Waals surface area contributed by atoms with Gasteiger partial charge in [-0.25, -0.2) is 4.98 Å². The maximum atomic E-state index is 11.5. The molecule has 0 bridgehead atoms. The van der Waals surface area contributed by atoms with Crippen molar-refractivity contribution in [2.24, 2.45) is 0 Å². The molecule has 0 atom stereocenters.